The van der Waals surface area contributed by atoms with Crippen LogP contribution in [0.4, 0.5) is 0 Å². The van der Waals surface area contributed by atoms with Crippen LogP contribution < -0.4 is 0 Å². The van der Waals surface area contributed by atoms with Crippen LogP contribution in [0.3, 0.4) is 0 Å². The Kier molecular flexibility index (Phi) is 2.71. The minimum Gasteiger partial charge on any atom is -0.480 e. The van der Waals surface area contributed by atoms with Gasteiger partial charge in [0.05, 0.1) is 0 Å². The van der Waals surface area contributed by atoms with Crippen LogP contribution >= 0.6 is 11.8 Å². The second-order valence-corrected chi connectivity index (χ2v) is 4.91. The lowest BCUT2D eigenvalue weighted by atomic mass is 10.2. The molecule has 0 aliphatic carbocycles. The second-order valence-electron chi connectivity index (χ2n) is 3.28. The van der Waals surface area contributed by atoms with Crippen molar-refractivity contribution in [3.8, 4) is 0 Å². The van der Waals surface area contributed by atoms with E-state index < -0.39 is 10.7 Å². The fourth-order valence-corrected chi connectivity index (χ4v) is 1.66. The SMILES string of the molecule is Cc1ccc(SC(C)(C)C(=O)O)o1. The molecule has 0 atom stereocenters. The summed E-state index contributed by atoms with van der Waals surface area (Å²) in [5.41, 5.74) is 0. The Morgan fingerprint density at radius 3 is 2.54 bits per heavy atom. The molecule has 0 spiro atoms. The van der Waals surface area contributed by atoms with Gasteiger partial charge in [-0.25, -0.2) is 0 Å². The predicted octanol–water partition coefficient (Wildman–Crippen LogP) is 2.54. The number of aryl methyl sites for hydroxylation is 1. The summed E-state index contributed by atoms with van der Waals surface area (Å²) < 4.78 is 4.43. The minimum atomic E-state index is -0.843. The van der Waals surface area contributed by atoms with Crippen LogP contribution in [0.15, 0.2) is 21.6 Å². The van der Waals surface area contributed by atoms with Crippen molar-refractivity contribution in [1.29, 1.82) is 0 Å². The van der Waals surface area contributed by atoms with Crippen molar-refractivity contribution < 1.29 is 14.3 Å². The van der Waals surface area contributed by atoms with E-state index >= 15 is 0 Å². The van der Waals surface area contributed by atoms with Gasteiger partial charge in [0, 0.05) is 0 Å². The van der Waals surface area contributed by atoms with Crippen LogP contribution in [0.2, 0.25) is 0 Å². The van der Waals surface area contributed by atoms with E-state index in [1.807, 2.05) is 13.0 Å². The monoisotopic (exact) mass is 200 g/mol. The second kappa shape index (κ2) is 3.46. The quantitative estimate of drug-likeness (QED) is 0.762. The highest BCUT2D eigenvalue weighted by Crippen LogP contribution is 2.33. The van der Waals surface area contributed by atoms with Crippen molar-refractivity contribution in [2.24, 2.45) is 0 Å². The van der Waals surface area contributed by atoms with Crippen molar-refractivity contribution in [2.75, 3.05) is 0 Å². The van der Waals surface area contributed by atoms with Crippen LogP contribution in [-0.2, 0) is 4.79 Å². The van der Waals surface area contributed by atoms with E-state index in [2.05, 4.69) is 0 Å². The van der Waals surface area contributed by atoms with Crippen molar-refractivity contribution in [3.05, 3.63) is 17.9 Å². The summed E-state index contributed by atoms with van der Waals surface area (Å²) in [6.07, 6.45) is 0. The minimum absolute atomic E-state index is 0.643. The molecule has 1 aromatic rings. The Bertz CT molecular complexity index is 314. The summed E-state index contributed by atoms with van der Waals surface area (Å²) in [6.45, 7) is 5.13. The molecule has 0 aliphatic heterocycles. The Labute approximate surface area is 81.1 Å². The van der Waals surface area contributed by atoms with Crippen LogP contribution in [0.1, 0.15) is 19.6 Å². The van der Waals surface area contributed by atoms with Gasteiger partial charge in [-0.3, -0.25) is 4.79 Å². The zero-order valence-corrected chi connectivity index (χ0v) is 8.64. The van der Waals surface area contributed by atoms with E-state index in [4.69, 9.17) is 9.52 Å². The molecule has 0 bridgehead atoms. The van der Waals surface area contributed by atoms with Crippen molar-refractivity contribution in [1.82, 2.24) is 0 Å². The van der Waals surface area contributed by atoms with Gasteiger partial charge >= 0.3 is 5.97 Å². The number of carbonyl (C=O) groups is 1. The van der Waals surface area contributed by atoms with Gasteiger partial charge in [0.25, 0.3) is 0 Å². The topological polar surface area (TPSA) is 50.4 Å². The predicted molar refractivity (Wildman–Crippen MR) is 51.0 cm³/mol. The van der Waals surface area contributed by atoms with Gasteiger partial charge in [-0.2, -0.15) is 0 Å². The molecule has 1 aromatic heterocycles. The molecule has 0 aliphatic rings. The van der Waals surface area contributed by atoms with Gasteiger partial charge in [-0.15, -0.1) is 0 Å². The first-order valence-corrected chi connectivity index (χ1v) is 4.72. The molecule has 4 heteroatoms. The van der Waals surface area contributed by atoms with Gasteiger partial charge in [-0.1, -0.05) is 11.8 Å². The maximum Gasteiger partial charge on any atom is 0.319 e. The molecule has 3 nitrogen and oxygen atoms in total. The lowest BCUT2D eigenvalue weighted by Crippen LogP contribution is -2.26. The largest absolute Gasteiger partial charge is 0.480 e. The Hall–Kier alpha value is -0.900. The van der Waals surface area contributed by atoms with Crippen molar-refractivity contribution in [2.45, 2.75) is 30.6 Å². The first kappa shape index (κ1) is 10.2. The summed E-state index contributed by atoms with van der Waals surface area (Å²) in [7, 11) is 0. The van der Waals surface area contributed by atoms with E-state index in [0.717, 1.165) is 5.76 Å². The maximum atomic E-state index is 10.8. The molecule has 0 radical (unpaired) electrons. The molecule has 0 fully saturated rings. The average Bonchev–Trinajstić information content (AvgIpc) is 2.34. The molecule has 0 unspecified atom stereocenters. The highest BCUT2D eigenvalue weighted by atomic mass is 32.2. The number of carboxylic acid groups (broad SMARTS) is 1. The number of rotatable bonds is 3. The van der Waals surface area contributed by atoms with Crippen LogP contribution in [-0.4, -0.2) is 15.8 Å². The average molecular weight is 200 g/mol. The highest BCUT2D eigenvalue weighted by Gasteiger charge is 2.29. The molecule has 1 N–H and O–H groups in total. The van der Waals surface area contributed by atoms with E-state index in [9.17, 15) is 4.79 Å². The number of hydrogen-bond acceptors (Lipinski definition) is 3. The number of hydrogen-bond donors (Lipinski definition) is 1. The molecular formula is C9H12O3S. The van der Waals surface area contributed by atoms with Crippen LogP contribution in [0.25, 0.3) is 0 Å². The van der Waals surface area contributed by atoms with E-state index in [1.165, 1.54) is 11.8 Å². The van der Waals surface area contributed by atoms with Crippen molar-refractivity contribution >= 4 is 17.7 Å². The van der Waals surface area contributed by atoms with E-state index in [1.54, 1.807) is 19.9 Å². The van der Waals surface area contributed by atoms with Gasteiger partial charge in [-0.05, 0) is 32.9 Å². The molecule has 13 heavy (non-hydrogen) atoms. The summed E-state index contributed by atoms with van der Waals surface area (Å²) in [4.78, 5) is 10.8. The third-order valence-corrected chi connectivity index (χ3v) is 2.69. The van der Waals surface area contributed by atoms with Gasteiger partial charge in [0.2, 0.25) is 0 Å². The summed E-state index contributed by atoms with van der Waals surface area (Å²) in [5, 5.41) is 9.49. The molecule has 0 saturated carbocycles. The third kappa shape index (κ3) is 2.52. The van der Waals surface area contributed by atoms with Crippen LogP contribution in [0.5, 0.6) is 0 Å². The molecule has 1 heterocycles. The van der Waals surface area contributed by atoms with Gasteiger partial charge < -0.3 is 9.52 Å². The lowest BCUT2D eigenvalue weighted by molar-refractivity contribution is -0.138. The summed E-state index contributed by atoms with van der Waals surface area (Å²) in [5.74, 6) is -0.0461. The zero-order valence-electron chi connectivity index (χ0n) is 7.83. The van der Waals surface area contributed by atoms with E-state index in [0.29, 0.717) is 5.09 Å². The standard InChI is InChI=1S/C9H12O3S/c1-6-4-5-7(12-6)13-9(2,3)8(10)11/h4-5H,1-3H3,(H,10,11). The number of carboxylic acids is 1. The molecule has 0 aromatic carbocycles. The fraction of sp³-hybridized carbons (Fsp3) is 0.444. The maximum absolute atomic E-state index is 10.8. The molecule has 0 saturated heterocycles. The van der Waals surface area contributed by atoms with Gasteiger partial charge in [0.15, 0.2) is 5.09 Å². The first-order chi connectivity index (χ1) is 5.92. The smallest absolute Gasteiger partial charge is 0.319 e. The summed E-state index contributed by atoms with van der Waals surface area (Å²) >= 11 is 1.21. The Balaban J connectivity index is 2.74. The van der Waals surface area contributed by atoms with Crippen molar-refractivity contribution in [3.63, 3.8) is 0 Å². The number of furan rings is 1. The van der Waals surface area contributed by atoms with E-state index in [-0.39, 0.29) is 0 Å². The Morgan fingerprint density at radius 1 is 1.54 bits per heavy atom. The number of thioether (sulfide) groups is 1. The normalized spacial score (nSPS) is 11.6. The first-order valence-electron chi connectivity index (χ1n) is 3.90. The Morgan fingerprint density at radius 2 is 2.15 bits per heavy atom. The molecule has 0 amide bonds. The van der Waals surface area contributed by atoms with Gasteiger partial charge in [0.1, 0.15) is 10.5 Å². The molecule has 72 valence electrons. The fourth-order valence-electron chi connectivity index (χ4n) is 0.762. The molecular weight excluding hydrogens is 188 g/mol. The lowest BCUT2D eigenvalue weighted by Gasteiger charge is -2.15. The molecule has 1 rings (SSSR count). The third-order valence-electron chi connectivity index (χ3n) is 1.59. The highest BCUT2D eigenvalue weighted by molar-refractivity contribution is 8.01. The van der Waals surface area contributed by atoms with Crippen LogP contribution in [0, 0.1) is 6.92 Å². The zero-order chi connectivity index (χ0) is 10.1. The number of aliphatic carboxylic acids is 1. The summed E-state index contributed by atoms with van der Waals surface area (Å²) in [6, 6.07) is 3.60.